The quantitative estimate of drug-likeness (QED) is 0.916. The standard InChI is InChI=1S/C12H17N5S/c1-8-14-11(13-3)5-12(15-8)17(4)6-10-7-18-9(2)16-10/h5,7H,6H2,1-4H3,(H,13,14,15). The Labute approximate surface area is 111 Å². The normalized spacial score (nSPS) is 10.4. The summed E-state index contributed by atoms with van der Waals surface area (Å²) in [4.78, 5) is 15.3. The Balaban J connectivity index is 2.17. The van der Waals surface area contributed by atoms with Crippen molar-refractivity contribution < 1.29 is 0 Å². The summed E-state index contributed by atoms with van der Waals surface area (Å²) in [6, 6.07) is 1.94. The molecule has 0 spiro atoms. The molecule has 2 aromatic heterocycles. The molecule has 0 radical (unpaired) electrons. The van der Waals surface area contributed by atoms with Crippen LogP contribution in [0.2, 0.25) is 0 Å². The zero-order chi connectivity index (χ0) is 13.1. The van der Waals surface area contributed by atoms with Crippen LogP contribution < -0.4 is 10.2 Å². The molecule has 96 valence electrons. The monoisotopic (exact) mass is 263 g/mol. The van der Waals surface area contributed by atoms with E-state index in [0.29, 0.717) is 0 Å². The highest BCUT2D eigenvalue weighted by atomic mass is 32.1. The van der Waals surface area contributed by atoms with Gasteiger partial charge >= 0.3 is 0 Å². The Morgan fingerprint density at radius 1 is 1.28 bits per heavy atom. The van der Waals surface area contributed by atoms with Gasteiger partial charge in [-0.25, -0.2) is 15.0 Å². The lowest BCUT2D eigenvalue weighted by atomic mass is 10.4. The van der Waals surface area contributed by atoms with E-state index in [0.717, 1.165) is 34.7 Å². The molecule has 0 saturated carbocycles. The van der Waals surface area contributed by atoms with Crippen LogP contribution in [0.5, 0.6) is 0 Å². The van der Waals surface area contributed by atoms with Crippen molar-refractivity contribution >= 4 is 23.0 Å². The number of hydrogen-bond donors (Lipinski definition) is 1. The van der Waals surface area contributed by atoms with Gasteiger partial charge in [0.2, 0.25) is 0 Å². The number of aryl methyl sites for hydroxylation is 2. The number of aromatic nitrogens is 3. The van der Waals surface area contributed by atoms with Gasteiger partial charge in [-0.05, 0) is 13.8 Å². The third-order valence-electron chi connectivity index (χ3n) is 2.54. The first-order valence-electron chi connectivity index (χ1n) is 5.74. The Kier molecular flexibility index (Phi) is 3.76. The lowest BCUT2D eigenvalue weighted by Gasteiger charge is -2.17. The zero-order valence-corrected chi connectivity index (χ0v) is 11.9. The molecule has 1 N–H and O–H groups in total. The van der Waals surface area contributed by atoms with E-state index in [2.05, 4.69) is 30.5 Å². The van der Waals surface area contributed by atoms with E-state index in [9.17, 15) is 0 Å². The third-order valence-corrected chi connectivity index (χ3v) is 3.36. The average Bonchev–Trinajstić information content (AvgIpc) is 2.73. The Morgan fingerprint density at radius 2 is 2.06 bits per heavy atom. The van der Waals surface area contributed by atoms with Crippen LogP contribution in [0, 0.1) is 13.8 Å². The van der Waals surface area contributed by atoms with E-state index in [1.54, 1.807) is 11.3 Å². The maximum atomic E-state index is 4.46. The maximum absolute atomic E-state index is 4.46. The predicted octanol–water partition coefficient (Wildman–Crippen LogP) is 2.23. The minimum Gasteiger partial charge on any atom is -0.373 e. The van der Waals surface area contributed by atoms with E-state index in [4.69, 9.17) is 0 Å². The van der Waals surface area contributed by atoms with Crippen molar-refractivity contribution in [3.05, 3.63) is 28.0 Å². The smallest absolute Gasteiger partial charge is 0.134 e. The van der Waals surface area contributed by atoms with Gasteiger partial charge in [-0.3, -0.25) is 0 Å². The van der Waals surface area contributed by atoms with Gasteiger partial charge in [-0.15, -0.1) is 11.3 Å². The number of hydrogen-bond acceptors (Lipinski definition) is 6. The highest BCUT2D eigenvalue weighted by Crippen LogP contribution is 2.17. The minimum atomic E-state index is 0.754. The second kappa shape index (κ2) is 5.30. The maximum Gasteiger partial charge on any atom is 0.134 e. The molecule has 0 saturated heterocycles. The fourth-order valence-electron chi connectivity index (χ4n) is 1.68. The fraction of sp³-hybridized carbons (Fsp3) is 0.417. The summed E-state index contributed by atoms with van der Waals surface area (Å²) in [5, 5.41) is 6.21. The summed E-state index contributed by atoms with van der Waals surface area (Å²) < 4.78 is 0. The van der Waals surface area contributed by atoms with Crippen LogP contribution in [-0.4, -0.2) is 29.0 Å². The van der Waals surface area contributed by atoms with Crippen LogP contribution in [0.1, 0.15) is 16.5 Å². The molecule has 0 aliphatic rings. The minimum absolute atomic E-state index is 0.754. The average molecular weight is 263 g/mol. The highest BCUT2D eigenvalue weighted by Gasteiger charge is 2.08. The van der Waals surface area contributed by atoms with Gasteiger partial charge < -0.3 is 10.2 Å². The summed E-state index contributed by atoms with van der Waals surface area (Å²) in [7, 11) is 3.87. The van der Waals surface area contributed by atoms with E-state index in [1.807, 2.05) is 34.0 Å². The lowest BCUT2D eigenvalue weighted by Crippen LogP contribution is -2.19. The van der Waals surface area contributed by atoms with Crippen molar-refractivity contribution in [1.82, 2.24) is 15.0 Å². The molecule has 0 bridgehead atoms. The topological polar surface area (TPSA) is 53.9 Å². The molecule has 0 amide bonds. The Bertz CT molecular complexity index is 537. The highest BCUT2D eigenvalue weighted by molar-refractivity contribution is 7.09. The van der Waals surface area contributed by atoms with Crippen LogP contribution in [0.25, 0.3) is 0 Å². The van der Waals surface area contributed by atoms with Gasteiger partial charge in [-0.1, -0.05) is 0 Å². The number of nitrogens with zero attached hydrogens (tertiary/aromatic N) is 4. The molecule has 0 fully saturated rings. The van der Waals surface area contributed by atoms with Crippen LogP contribution in [0.15, 0.2) is 11.4 Å². The van der Waals surface area contributed by atoms with E-state index < -0.39 is 0 Å². The molecule has 5 nitrogen and oxygen atoms in total. The molecule has 18 heavy (non-hydrogen) atoms. The SMILES string of the molecule is CNc1cc(N(C)Cc2csc(C)n2)nc(C)n1. The predicted molar refractivity (Wildman–Crippen MR) is 75.3 cm³/mol. The van der Waals surface area contributed by atoms with Gasteiger partial charge in [0.25, 0.3) is 0 Å². The Hall–Kier alpha value is -1.69. The summed E-state index contributed by atoms with van der Waals surface area (Å²) in [6.45, 7) is 4.66. The molecule has 2 heterocycles. The van der Waals surface area contributed by atoms with Gasteiger partial charge in [0.1, 0.15) is 17.5 Å². The second-order valence-corrected chi connectivity index (χ2v) is 5.18. The molecule has 6 heteroatoms. The van der Waals surface area contributed by atoms with Crippen LogP contribution in [0.3, 0.4) is 0 Å². The fourth-order valence-corrected chi connectivity index (χ4v) is 2.28. The number of nitrogens with one attached hydrogen (secondary N) is 1. The van der Waals surface area contributed by atoms with E-state index >= 15 is 0 Å². The Morgan fingerprint density at radius 3 is 2.67 bits per heavy atom. The van der Waals surface area contributed by atoms with Crippen molar-refractivity contribution in [2.45, 2.75) is 20.4 Å². The van der Waals surface area contributed by atoms with E-state index in [-0.39, 0.29) is 0 Å². The molecular weight excluding hydrogens is 246 g/mol. The molecule has 0 aromatic carbocycles. The van der Waals surface area contributed by atoms with Crippen molar-refractivity contribution in [3.63, 3.8) is 0 Å². The summed E-state index contributed by atoms with van der Waals surface area (Å²) in [5.41, 5.74) is 1.07. The first kappa shape index (κ1) is 12.8. The second-order valence-electron chi connectivity index (χ2n) is 4.12. The number of rotatable bonds is 4. The molecule has 0 atom stereocenters. The van der Waals surface area contributed by atoms with Crippen LogP contribution >= 0.6 is 11.3 Å². The first-order chi connectivity index (χ1) is 8.58. The molecule has 0 aliphatic heterocycles. The van der Waals surface area contributed by atoms with Crippen LogP contribution in [-0.2, 0) is 6.54 Å². The van der Waals surface area contributed by atoms with Crippen molar-refractivity contribution in [3.8, 4) is 0 Å². The molecule has 2 rings (SSSR count). The van der Waals surface area contributed by atoms with Gasteiger partial charge in [0.05, 0.1) is 17.2 Å². The van der Waals surface area contributed by atoms with E-state index in [1.165, 1.54) is 0 Å². The van der Waals surface area contributed by atoms with Crippen molar-refractivity contribution in [2.24, 2.45) is 0 Å². The largest absolute Gasteiger partial charge is 0.373 e. The number of thiazole rings is 1. The zero-order valence-electron chi connectivity index (χ0n) is 11.1. The summed E-state index contributed by atoms with van der Waals surface area (Å²) >= 11 is 1.67. The van der Waals surface area contributed by atoms with Crippen LogP contribution in [0.4, 0.5) is 11.6 Å². The molecule has 2 aromatic rings. The molecular formula is C12H17N5S. The molecule has 0 unspecified atom stereocenters. The van der Waals surface area contributed by atoms with Gasteiger partial charge in [0.15, 0.2) is 0 Å². The first-order valence-corrected chi connectivity index (χ1v) is 6.62. The van der Waals surface area contributed by atoms with Gasteiger partial charge in [-0.2, -0.15) is 0 Å². The summed E-state index contributed by atoms with van der Waals surface area (Å²) in [5.74, 6) is 2.49. The van der Waals surface area contributed by atoms with Crippen molar-refractivity contribution in [1.29, 1.82) is 0 Å². The lowest BCUT2D eigenvalue weighted by molar-refractivity contribution is 0.857. The molecule has 0 aliphatic carbocycles. The third kappa shape index (κ3) is 2.95. The van der Waals surface area contributed by atoms with Gasteiger partial charge in [0, 0.05) is 25.5 Å². The van der Waals surface area contributed by atoms with Crippen molar-refractivity contribution in [2.75, 3.05) is 24.3 Å². The number of anilines is 2. The summed E-state index contributed by atoms with van der Waals surface area (Å²) in [6.07, 6.45) is 0.